The zero-order chi connectivity index (χ0) is 12.2. The van der Waals surface area contributed by atoms with Gasteiger partial charge in [0.05, 0.1) is 5.75 Å². The molecule has 0 spiro atoms. The molecule has 0 aromatic rings. The lowest BCUT2D eigenvalue weighted by atomic mass is 10.1. The summed E-state index contributed by atoms with van der Waals surface area (Å²) in [4.78, 5) is 14.0. The van der Waals surface area contributed by atoms with Gasteiger partial charge in [-0.25, -0.2) is 0 Å². The van der Waals surface area contributed by atoms with Crippen molar-refractivity contribution in [2.75, 3.05) is 25.9 Å². The molecule has 1 fully saturated rings. The average Bonchev–Trinajstić information content (AvgIpc) is 2.25. The molecule has 1 rings (SSSR count). The van der Waals surface area contributed by atoms with Crippen molar-refractivity contribution in [2.24, 2.45) is 0 Å². The summed E-state index contributed by atoms with van der Waals surface area (Å²) >= 11 is 1.73. The summed E-state index contributed by atoms with van der Waals surface area (Å²) in [6.07, 6.45) is 2.31. The lowest BCUT2D eigenvalue weighted by molar-refractivity contribution is -0.129. The second kappa shape index (κ2) is 5.92. The molecule has 16 heavy (non-hydrogen) atoms. The highest BCUT2D eigenvalue weighted by molar-refractivity contribution is 8.01. The number of carbonyl (C=O) groups excluding carboxylic acids is 1. The van der Waals surface area contributed by atoms with E-state index in [1.54, 1.807) is 11.8 Å². The third kappa shape index (κ3) is 4.74. The Hall–Kier alpha value is -0.220. The van der Waals surface area contributed by atoms with Gasteiger partial charge in [0, 0.05) is 23.9 Å². The number of hydrogen-bond donors (Lipinski definition) is 1. The zero-order valence-corrected chi connectivity index (χ0v) is 11.7. The minimum absolute atomic E-state index is 0.174. The molecule has 0 radical (unpaired) electrons. The monoisotopic (exact) mass is 244 g/mol. The third-order valence-electron chi connectivity index (χ3n) is 2.81. The molecule has 94 valence electrons. The van der Waals surface area contributed by atoms with Crippen molar-refractivity contribution in [3.63, 3.8) is 0 Å². The smallest absolute Gasteiger partial charge is 0.232 e. The van der Waals surface area contributed by atoms with Crippen LogP contribution < -0.4 is 5.32 Å². The number of rotatable bonds is 3. The molecule has 1 unspecified atom stereocenters. The van der Waals surface area contributed by atoms with Gasteiger partial charge in [-0.3, -0.25) is 4.79 Å². The molecule has 0 saturated carbocycles. The van der Waals surface area contributed by atoms with E-state index in [1.807, 2.05) is 11.9 Å². The number of likely N-dealkylation sites (N-methyl/N-ethyl adjacent to an activating group) is 1. The fraction of sp³-hybridized carbons (Fsp3) is 0.917. The summed E-state index contributed by atoms with van der Waals surface area (Å²) in [7, 11) is 1.97. The third-order valence-corrected chi connectivity index (χ3v) is 4.07. The van der Waals surface area contributed by atoms with E-state index in [0.717, 1.165) is 19.5 Å². The first-order valence-corrected chi connectivity index (χ1v) is 7.00. The summed E-state index contributed by atoms with van der Waals surface area (Å²) in [5.41, 5.74) is 0. The molecule has 0 aliphatic carbocycles. The molecule has 1 aliphatic rings. The van der Waals surface area contributed by atoms with E-state index in [0.29, 0.717) is 17.7 Å². The van der Waals surface area contributed by atoms with Gasteiger partial charge in [0.15, 0.2) is 0 Å². The number of thioether (sulfide) groups is 1. The topological polar surface area (TPSA) is 32.3 Å². The largest absolute Gasteiger partial charge is 0.340 e. The van der Waals surface area contributed by atoms with Crippen LogP contribution in [-0.4, -0.2) is 47.5 Å². The van der Waals surface area contributed by atoms with Gasteiger partial charge < -0.3 is 10.2 Å². The maximum absolute atomic E-state index is 12.0. The first-order chi connectivity index (χ1) is 7.42. The number of likely N-dealkylation sites (tertiary alicyclic amines) is 1. The van der Waals surface area contributed by atoms with Gasteiger partial charge in [-0.15, -0.1) is 11.8 Å². The maximum atomic E-state index is 12.0. The molecule has 1 saturated heterocycles. The van der Waals surface area contributed by atoms with Crippen molar-refractivity contribution in [1.29, 1.82) is 0 Å². The Morgan fingerprint density at radius 1 is 1.50 bits per heavy atom. The fourth-order valence-corrected chi connectivity index (χ4v) is 2.55. The highest BCUT2D eigenvalue weighted by Crippen LogP contribution is 2.23. The van der Waals surface area contributed by atoms with E-state index in [1.165, 1.54) is 6.42 Å². The Morgan fingerprint density at radius 2 is 2.19 bits per heavy atom. The lowest BCUT2D eigenvalue weighted by Crippen LogP contribution is -2.47. The van der Waals surface area contributed by atoms with Crippen molar-refractivity contribution < 1.29 is 4.79 Å². The quantitative estimate of drug-likeness (QED) is 0.820. The van der Waals surface area contributed by atoms with E-state index in [2.05, 4.69) is 26.1 Å². The molecule has 1 heterocycles. The number of nitrogens with zero attached hydrogens (tertiary/aromatic N) is 1. The van der Waals surface area contributed by atoms with Crippen LogP contribution in [0.25, 0.3) is 0 Å². The molecule has 1 aliphatic heterocycles. The minimum Gasteiger partial charge on any atom is -0.340 e. The van der Waals surface area contributed by atoms with E-state index in [-0.39, 0.29) is 4.75 Å². The molecular weight excluding hydrogens is 220 g/mol. The molecule has 1 atom stereocenters. The molecule has 0 bridgehead atoms. The van der Waals surface area contributed by atoms with Crippen LogP contribution in [0.15, 0.2) is 0 Å². The first kappa shape index (κ1) is 13.8. The van der Waals surface area contributed by atoms with Gasteiger partial charge in [0.2, 0.25) is 5.91 Å². The van der Waals surface area contributed by atoms with Crippen LogP contribution in [0.4, 0.5) is 0 Å². The van der Waals surface area contributed by atoms with Crippen molar-refractivity contribution in [3.8, 4) is 0 Å². The van der Waals surface area contributed by atoms with Crippen LogP contribution in [-0.2, 0) is 4.79 Å². The summed E-state index contributed by atoms with van der Waals surface area (Å²) < 4.78 is 0.174. The van der Waals surface area contributed by atoms with Crippen molar-refractivity contribution in [1.82, 2.24) is 10.2 Å². The van der Waals surface area contributed by atoms with Gasteiger partial charge in [-0.1, -0.05) is 20.8 Å². The van der Waals surface area contributed by atoms with Crippen LogP contribution in [0.5, 0.6) is 0 Å². The van der Waals surface area contributed by atoms with Crippen LogP contribution in [0, 0.1) is 0 Å². The van der Waals surface area contributed by atoms with E-state index < -0.39 is 0 Å². The van der Waals surface area contributed by atoms with Gasteiger partial charge in [0.1, 0.15) is 0 Å². The van der Waals surface area contributed by atoms with Crippen LogP contribution >= 0.6 is 11.8 Å². The molecule has 0 aromatic heterocycles. The summed E-state index contributed by atoms with van der Waals surface area (Å²) in [6.45, 7) is 8.26. The predicted molar refractivity (Wildman–Crippen MR) is 70.9 cm³/mol. The van der Waals surface area contributed by atoms with Crippen LogP contribution in [0.1, 0.15) is 33.6 Å². The highest BCUT2D eigenvalue weighted by atomic mass is 32.2. The Bertz CT molecular complexity index is 238. The van der Waals surface area contributed by atoms with Crippen LogP contribution in [0.3, 0.4) is 0 Å². The minimum atomic E-state index is 0.174. The zero-order valence-electron chi connectivity index (χ0n) is 10.9. The van der Waals surface area contributed by atoms with Crippen molar-refractivity contribution in [3.05, 3.63) is 0 Å². The predicted octanol–water partition coefficient (Wildman–Crippen LogP) is 1.73. The lowest BCUT2D eigenvalue weighted by Gasteiger charge is -2.33. The number of amides is 1. The molecular formula is C12H24N2OS. The van der Waals surface area contributed by atoms with Gasteiger partial charge in [-0.05, 0) is 19.9 Å². The number of nitrogens with one attached hydrogen (secondary N) is 1. The van der Waals surface area contributed by atoms with Gasteiger partial charge in [0.25, 0.3) is 0 Å². The number of piperidine rings is 1. The Morgan fingerprint density at radius 3 is 2.75 bits per heavy atom. The average molecular weight is 244 g/mol. The first-order valence-electron chi connectivity index (χ1n) is 6.01. The Kier molecular flexibility index (Phi) is 5.12. The fourth-order valence-electron chi connectivity index (χ4n) is 1.81. The molecule has 1 N–H and O–H groups in total. The van der Waals surface area contributed by atoms with E-state index in [9.17, 15) is 4.79 Å². The summed E-state index contributed by atoms with van der Waals surface area (Å²) in [6, 6.07) is 0.484. The van der Waals surface area contributed by atoms with Gasteiger partial charge >= 0.3 is 0 Å². The maximum Gasteiger partial charge on any atom is 0.232 e. The molecule has 1 amide bonds. The molecule has 3 nitrogen and oxygen atoms in total. The van der Waals surface area contributed by atoms with Crippen molar-refractivity contribution >= 4 is 17.7 Å². The number of hydrogen-bond acceptors (Lipinski definition) is 3. The summed E-state index contributed by atoms with van der Waals surface area (Å²) in [5.74, 6) is 0.903. The van der Waals surface area contributed by atoms with Gasteiger partial charge in [-0.2, -0.15) is 0 Å². The highest BCUT2D eigenvalue weighted by Gasteiger charge is 2.23. The second-order valence-electron chi connectivity index (χ2n) is 5.37. The molecule has 0 aromatic carbocycles. The Labute approximate surface area is 103 Å². The van der Waals surface area contributed by atoms with E-state index in [4.69, 9.17) is 0 Å². The second-order valence-corrected chi connectivity index (χ2v) is 7.17. The van der Waals surface area contributed by atoms with E-state index >= 15 is 0 Å². The van der Waals surface area contributed by atoms with Crippen LogP contribution in [0.2, 0.25) is 0 Å². The standard InChI is InChI=1S/C12H24N2OS/c1-12(2,3)16-9-11(15)14-7-5-6-10(8-14)13-4/h10,13H,5-9H2,1-4H3. The summed E-state index contributed by atoms with van der Waals surface area (Å²) in [5, 5.41) is 3.26. The number of carbonyl (C=O) groups is 1. The normalized spacial score (nSPS) is 22.2. The molecule has 4 heteroatoms. The Balaban J connectivity index is 2.36. The SMILES string of the molecule is CNC1CCCN(C(=O)CSC(C)(C)C)C1. The van der Waals surface area contributed by atoms with Crippen molar-refractivity contribution in [2.45, 2.75) is 44.4 Å².